The summed E-state index contributed by atoms with van der Waals surface area (Å²) in [6.45, 7) is 10.3. The largest absolute Gasteiger partial charge is 0.450 e. The fourth-order valence-corrected chi connectivity index (χ4v) is 3.92. The summed E-state index contributed by atoms with van der Waals surface area (Å²) < 4.78 is 5.25. The van der Waals surface area contributed by atoms with Crippen LogP contribution < -0.4 is 0 Å². The van der Waals surface area contributed by atoms with Gasteiger partial charge in [0.25, 0.3) is 0 Å². The number of hydrogen-bond acceptors (Lipinski definition) is 3. The van der Waals surface area contributed by atoms with E-state index in [1.165, 1.54) is 0 Å². The second-order valence-corrected chi connectivity index (χ2v) is 6.97. The van der Waals surface area contributed by atoms with Crippen molar-refractivity contribution >= 4 is 18.2 Å². The average Bonchev–Trinajstić information content (AvgIpc) is 3.24. The molecule has 3 rings (SSSR count). The standard InChI is InChI=1S/C24H27NO3/c1-4-18-9-13-20(14-10-18)24(27,21-15-11-19(5-2)12-16-21)22-8-7-17-25(22)23(26)28-6-3/h4-5,9-16,22,27H,1-2,6-8,17H2,3H3. The Bertz CT molecular complexity index is 788. The van der Waals surface area contributed by atoms with E-state index in [0.29, 0.717) is 19.6 Å². The number of likely N-dealkylation sites (tertiary alicyclic amines) is 1. The van der Waals surface area contributed by atoms with E-state index in [4.69, 9.17) is 4.74 Å². The van der Waals surface area contributed by atoms with Crippen LogP contribution in [0, 0.1) is 0 Å². The third-order valence-corrected chi connectivity index (χ3v) is 5.41. The first-order valence-corrected chi connectivity index (χ1v) is 9.66. The molecule has 0 radical (unpaired) electrons. The fraction of sp³-hybridized carbons (Fsp3) is 0.292. The summed E-state index contributed by atoms with van der Waals surface area (Å²) in [6.07, 6.45) is 4.67. The average molecular weight is 377 g/mol. The van der Waals surface area contributed by atoms with Gasteiger partial charge in [0.05, 0.1) is 12.6 Å². The molecular formula is C24H27NO3. The molecule has 1 amide bonds. The summed E-state index contributed by atoms with van der Waals surface area (Å²) in [6, 6.07) is 14.9. The van der Waals surface area contributed by atoms with Gasteiger partial charge in [-0.15, -0.1) is 0 Å². The molecule has 1 aliphatic rings. The van der Waals surface area contributed by atoms with Gasteiger partial charge in [-0.1, -0.05) is 73.8 Å². The molecule has 1 aliphatic heterocycles. The van der Waals surface area contributed by atoms with E-state index in [9.17, 15) is 9.90 Å². The lowest BCUT2D eigenvalue weighted by atomic mass is 9.78. The summed E-state index contributed by atoms with van der Waals surface area (Å²) >= 11 is 0. The van der Waals surface area contributed by atoms with E-state index in [-0.39, 0.29) is 6.09 Å². The summed E-state index contributed by atoms with van der Waals surface area (Å²) in [5, 5.41) is 12.1. The van der Waals surface area contributed by atoms with Crippen molar-refractivity contribution in [2.24, 2.45) is 0 Å². The van der Waals surface area contributed by atoms with E-state index in [1.54, 1.807) is 24.0 Å². The lowest BCUT2D eigenvalue weighted by Crippen LogP contribution is -2.50. The summed E-state index contributed by atoms with van der Waals surface area (Å²) in [5.41, 5.74) is 2.09. The maximum atomic E-state index is 12.5. The molecule has 0 aliphatic carbocycles. The molecule has 0 bridgehead atoms. The number of carbonyl (C=O) groups is 1. The minimum absolute atomic E-state index is 0.308. The highest BCUT2D eigenvalue weighted by molar-refractivity contribution is 5.69. The van der Waals surface area contributed by atoms with Gasteiger partial charge >= 0.3 is 6.09 Å². The van der Waals surface area contributed by atoms with Gasteiger partial charge in [-0.25, -0.2) is 4.79 Å². The number of aliphatic hydroxyl groups is 1. The van der Waals surface area contributed by atoms with E-state index < -0.39 is 11.6 Å². The van der Waals surface area contributed by atoms with Gasteiger partial charge in [0, 0.05) is 6.54 Å². The molecule has 0 aromatic heterocycles. The Kier molecular flexibility index (Phi) is 6.00. The van der Waals surface area contributed by atoms with E-state index in [2.05, 4.69) is 13.2 Å². The molecule has 1 N–H and O–H groups in total. The SMILES string of the molecule is C=Cc1ccc(C(O)(c2ccc(C=C)cc2)C2CCCN2C(=O)OCC)cc1. The summed E-state index contributed by atoms with van der Waals surface area (Å²) in [7, 11) is 0. The van der Waals surface area contributed by atoms with E-state index >= 15 is 0 Å². The van der Waals surface area contributed by atoms with Crippen LogP contribution in [0.5, 0.6) is 0 Å². The van der Waals surface area contributed by atoms with Gasteiger partial charge < -0.3 is 14.7 Å². The van der Waals surface area contributed by atoms with Crippen molar-refractivity contribution < 1.29 is 14.6 Å². The van der Waals surface area contributed by atoms with Gasteiger partial charge in [-0.2, -0.15) is 0 Å². The monoisotopic (exact) mass is 377 g/mol. The van der Waals surface area contributed by atoms with Crippen LogP contribution >= 0.6 is 0 Å². The van der Waals surface area contributed by atoms with Crippen LogP contribution in [0.15, 0.2) is 61.7 Å². The molecule has 2 aromatic rings. The Hall–Kier alpha value is -2.85. The Labute approximate surface area is 166 Å². The Morgan fingerprint density at radius 1 is 1.11 bits per heavy atom. The molecule has 1 unspecified atom stereocenters. The topological polar surface area (TPSA) is 49.8 Å². The highest BCUT2D eigenvalue weighted by Gasteiger charge is 2.47. The lowest BCUT2D eigenvalue weighted by Gasteiger charge is -2.39. The molecular weight excluding hydrogens is 350 g/mol. The minimum Gasteiger partial charge on any atom is -0.450 e. The first kappa shape index (κ1) is 19.9. The molecule has 1 atom stereocenters. The second-order valence-electron chi connectivity index (χ2n) is 6.97. The van der Waals surface area contributed by atoms with Crippen LogP contribution in [-0.4, -0.2) is 35.3 Å². The number of nitrogens with zero attached hydrogens (tertiary/aromatic N) is 1. The van der Waals surface area contributed by atoms with Crippen LogP contribution in [0.4, 0.5) is 4.79 Å². The molecule has 0 saturated carbocycles. The second kappa shape index (κ2) is 8.44. The van der Waals surface area contributed by atoms with Crippen molar-refractivity contribution in [3.8, 4) is 0 Å². The van der Waals surface area contributed by atoms with Crippen molar-refractivity contribution in [1.29, 1.82) is 0 Å². The number of benzene rings is 2. The maximum Gasteiger partial charge on any atom is 0.410 e. The molecule has 28 heavy (non-hydrogen) atoms. The minimum atomic E-state index is -1.34. The number of rotatable bonds is 6. The van der Waals surface area contributed by atoms with Crippen molar-refractivity contribution in [3.63, 3.8) is 0 Å². The van der Waals surface area contributed by atoms with Crippen LogP contribution in [0.1, 0.15) is 42.0 Å². The molecule has 0 spiro atoms. The molecule has 2 aromatic carbocycles. The maximum absolute atomic E-state index is 12.5. The molecule has 146 valence electrons. The molecule has 4 nitrogen and oxygen atoms in total. The van der Waals surface area contributed by atoms with Gasteiger partial charge in [-0.3, -0.25) is 0 Å². The van der Waals surface area contributed by atoms with Gasteiger partial charge in [0.2, 0.25) is 0 Å². The Morgan fingerprint density at radius 2 is 1.61 bits per heavy atom. The van der Waals surface area contributed by atoms with Crippen LogP contribution in [-0.2, 0) is 10.3 Å². The normalized spacial score (nSPS) is 16.6. The predicted octanol–water partition coefficient (Wildman–Crippen LogP) is 4.83. The van der Waals surface area contributed by atoms with E-state index in [0.717, 1.165) is 28.7 Å². The third-order valence-electron chi connectivity index (χ3n) is 5.41. The number of carbonyl (C=O) groups excluding carboxylic acids is 1. The van der Waals surface area contributed by atoms with E-state index in [1.807, 2.05) is 48.5 Å². The lowest BCUT2D eigenvalue weighted by molar-refractivity contribution is -0.00484. The van der Waals surface area contributed by atoms with Crippen LogP contribution in [0.3, 0.4) is 0 Å². The zero-order valence-electron chi connectivity index (χ0n) is 16.3. The first-order chi connectivity index (χ1) is 13.5. The van der Waals surface area contributed by atoms with Crippen molar-refractivity contribution in [2.75, 3.05) is 13.2 Å². The zero-order valence-corrected chi connectivity index (χ0v) is 16.3. The zero-order chi connectivity index (χ0) is 20.1. The molecule has 1 heterocycles. The first-order valence-electron chi connectivity index (χ1n) is 9.66. The quantitative estimate of drug-likeness (QED) is 0.784. The van der Waals surface area contributed by atoms with Crippen molar-refractivity contribution in [3.05, 3.63) is 83.9 Å². The third kappa shape index (κ3) is 3.60. The van der Waals surface area contributed by atoms with Crippen molar-refractivity contribution in [1.82, 2.24) is 4.90 Å². The molecule has 1 fully saturated rings. The highest BCUT2D eigenvalue weighted by atomic mass is 16.6. The Morgan fingerprint density at radius 3 is 2.04 bits per heavy atom. The van der Waals surface area contributed by atoms with Crippen LogP contribution in [0.2, 0.25) is 0 Å². The van der Waals surface area contributed by atoms with Gasteiger partial charge in [0.1, 0.15) is 5.60 Å². The number of ether oxygens (including phenoxy) is 1. The smallest absolute Gasteiger partial charge is 0.410 e. The molecule has 4 heteroatoms. The molecule has 1 saturated heterocycles. The predicted molar refractivity (Wildman–Crippen MR) is 113 cm³/mol. The van der Waals surface area contributed by atoms with Crippen LogP contribution in [0.25, 0.3) is 12.2 Å². The van der Waals surface area contributed by atoms with Gasteiger partial charge in [-0.05, 0) is 42.0 Å². The Balaban J connectivity index is 2.10. The van der Waals surface area contributed by atoms with Crippen molar-refractivity contribution in [2.45, 2.75) is 31.4 Å². The number of amides is 1. The van der Waals surface area contributed by atoms with Gasteiger partial charge in [0.15, 0.2) is 0 Å². The summed E-state index contributed by atoms with van der Waals surface area (Å²) in [4.78, 5) is 14.2. The highest BCUT2D eigenvalue weighted by Crippen LogP contribution is 2.41. The fourth-order valence-electron chi connectivity index (χ4n) is 3.92. The summed E-state index contributed by atoms with van der Waals surface area (Å²) in [5.74, 6) is 0. The number of hydrogen-bond donors (Lipinski definition) is 1.